The Bertz CT molecular complexity index is 519. The molecule has 1 aliphatic heterocycles. The maximum absolute atomic E-state index is 13.4. The highest BCUT2D eigenvalue weighted by molar-refractivity contribution is 5.76. The van der Waals surface area contributed by atoms with Crippen LogP contribution in [0.1, 0.15) is 32.6 Å². The van der Waals surface area contributed by atoms with Crippen LogP contribution in [0.3, 0.4) is 0 Å². The van der Waals surface area contributed by atoms with Crippen LogP contribution in [0.25, 0.3) is 0 Å². The number of amides is 1. The van der Waals surface area contributed by atoms with E-state index >= 15 is 0 Å². The summed E-state index contributed by atoms with van der Waals surface area (Å²) in [6.45, 7) is 4.85. The van der Waals surface area contributed by atoms with Crippen molar-refractivity contribution in [2.45, 2.75) is 38.6 Å². The number of rotatable bonds is 8. The Labute approximate surface area is 135 Å². The third-order valence-corrected chi connectivity index (χ3v) is 3.95. The molecule has 0 radical (unpaired) electrons. The molecular formula is C17H24F2N2O2. The SMILES string of the molecule is CCCN(C(=O)CCCOc1ccc(F)cc1F)C1CCNC1. The van der Waals surface area contributed by atoms with Gasteiger partial charge in [-0.1, -0.05) is 6.92 Å². The third kappa shape index (κ3) is 5.16. The van der Waals surface area contributed by atoms with Crippen LogP contribution < -0.4 is 10.1 Å². The van der Waals surface area contributed by atoms with Crippen molar-refractivity contribution in [3.8, 4) is 5.75 Å². The summed E-state index contributed by atoms with van der Waals surface area (Å²) in [5.74, 6) is -1.22. The molecule has 2 rings (SSSR count). The zero-order valence-corrected chi connectivity index (χ0v) is 13.5. The molecule has 1 N–H and O–H groups in total. The molecule has 1 aliphatic rings. The maximum atomic E-state index is 13.4. The molecular weight excluding hydrogens is 302 g/mol. The molecule has 1 atom stereocenters. The highest BCUT2D eigenvalue weighted by atomic mass is 19.1. The van der Waals surface area contributed by atoms with Crippen LogP contribution in [0.4, 0.5) is 8.78 Å². The fourth-order valence-electron chi connectivity index (χ4n) is 2.80. The van der Waals surface area contributed by atoms with Crippen molar-refractivity contribution in [3.05, 3.63) is 29.8 Å². The summed E-state index contributed by atoms with van der Waals surface area (Å²) in [5, 5.41) is 3.27. The van der Waals surface area contributed by atoms with E-state index < -0.39 is 11.6 Å². The molecule has 1 fully saturated rings. The zero-order chi connectivity index (χ0) is 16.7. The predicted molar refractivity (Wildman–Crippen MR) is 84.4 cm³/mol. The molecule has 23 heavy (non-hydrogen) atoms. The fourth-order valence-corrected chi connectivity index (χ4v) is 2.80. The van der Waals surface area contributed by atoms with Crippen molar-refractivity contribution < 1.29 is 18.3 Å². The van der Waals surface area contributed by atoms with E-state index in [0.29, 0.717) is 12.8 Å². The first-order valence-electron chi connectivity index (χ1n) is 8.20. The number of halogens is 2. The van der Waals surface area contributed by atoms with E-state index in [1.54, 1.807) is 0 Å². The lowest BCUT2D eigenvalue weighted by molar-refractivity contribution is -0.133. The summed E-state index contributed by atoms with van der Waals surface area (Å²) < 4.78 is 31.5. The lowest BCUT2D eigenvalue weighted by Crippen LogP contribution is -2.42. The van der Waals surface area contributed by atoms with Crippen LogP contribution in [0.2, 0.25) is 0 Å². The third-order valence-electron chi connectivity index (χ3n) is 3.95. The molecule has 1 aromatic carbocycles. The van der Waals surface area contributed by atoms with Gasteiger partial charge < -0.3 is 15.0 Å². The number of benzene rings is 1. The Morgan fingerprint density at radius 3 is 2.91 bits per heavy atom. The van der Waals surface area contributed by atoms with Gasteiger partial charge in [-0.3, -0.25) is 4.79 Å². The fraction of sp³-hybridized carbons (Fsp3) is 0.588. The molecule has 0 aromatic heterocycles. The molecule has 0 bridgehead atoms. The lowest BCUT2D eigenvalue weighted by Gasteiger charge is -2.28. The van der Waals surface area contributed by atoms with E-state index in [0.717, 1.165) is 44.6 Å². The number of hydrogen-bond donors (Lipinski definition) is 1. The molecule has 4 nitrogen and oxygen atoms in total. The number of nitrogens with zero attached hydrogens (tertiary/aromatic N) is 1. The second-order valence-corrected chi connectivity index (χ2v) is 5.76. The molecule has 1 saturated heterocycles. The van der Waals surface area contributed by atoms with Gasteiger partial charge in [-0.05, 0) is 37.9 Å². The van der Waals surface area contributed by atoms with Crippen LogP contribution >= 0.6 is 0 Å². The van der Waals surface area contributed by atoms with Gasteiger partial charge in [0.05, 0.1) is 6.61 Å². The van der Waals surface area contributed by atoms with Gasteiger partial charge in [-0.15, -0.1) is 0 Å². The summed E-state index contributed by atoms with van der Waals surface area (Å²) in [5.41, 5.74) is 0. The predicted octanol–water partition coefficient (Wildman–Crippen LogP) is 2.72. The van der Waals surface area contributed by atoms with E-state index in [-0.39, 0.29) is 24.3 Å². The summed E-state index contributed by atoms with van der Waals surface area (Å²) in [4.78, 5) is 14.3. The van der Waals surface area contributed by atoms with E-state index in [2.05, 4.69) is 12.2 Å². The van der Waals surface area contributed by atoms with Crippen molar-refractivity contribution >= 4 is 5.91 Å². The monoisotopic (exact) mass is 326 g/mol. The van der Waals surface area contributed by atoms with Crippen molar-refractivity contribution in [2.24, 2.45) is 0 Å². The van der Waals surface area contributed by atoms with E-state index in [1.165, 1.54) is 6.07 Å². The highest BCUT2D eigenvalue weighted by Crippen LogP contribution is 2.18. The minimum absolute atomic E-state index is 0.0178. The highest BCUT2D eigenvalue weighted by Gasteiger charge is 2.25. The van der Waals surface area contributed by atoms with Gasteiger partial charge in [0.1, 0.15) is 5.82 Å². The van der Waals surface area contributed by atoms with Crippen molar-refractivity contribution in [1.82, 2.24) is 10.2 Å². The molecule has 1 amide bonds. The van der Waals surface area contributed by atoms with Gasteiger partial charge in [0.25, 0.3) is 0 Å². The molecule has 1 unspecified atom stereocenters. The maximum Gasteiger partial charge on any atom is 0.222 e. The van der Waals surface area contributed by atoms with Gasteiger partial charge in [-0.25, -0.2) is 8.78 Å². The van der Waals surface area contributed by atoms with Crippen molar-refractivity contribution in [2.75, 3.05) is 26.2 Å². The Morgan fingerprint density at radius 1 is 1.43 bits per heavy atom. The average molecular weight is 326 g/mol. The second kappa shape index (κ2) is 8.82. The number of carbonyl (C=O) groups excluding carboxylic acids is 1. The molecule has 1 heterocycles. The zero-order valence-electron chi connectivity index (χ0n) is 13.5. The Hall–Kier alpha value is -1.69. The summed E-state index contributed by atoms with van der Waals surface area (Å²) in [6.07, 6.45) is 2.80. The summed E-state index contributed by atoms with van der Waals surface area (Å²) in [7, 11) is 0. The Morgan fingerprint density at radius 2 is 2.26 bits per heavy atom. The number of carbonyl (C=O) groups is 1. The molecule has 0 saturated carbocycles. The van der Waals surface area contributed by atoms with Crippen molar-refractivity contribution in [3.63, 3.8) is 0 Å². The number of hydrogen-bond acceptors (Lipinski definition) is 3. The van der Waals surface area contributed by atoms with E-state index in [1.807, 2.05) is 4.90 Å². The van der Waals surface area contributed by atoms with Gasteiger partial charge in [0.15, 0.2) is 11.6 Å². The minimum atomic E-state index is -0.721. The van der Waals surface area contributed by atoms with Crippen LogP contribution in [0, 0.1) is 11.6 Å². The van der Waals surface area contributed by atoms with Gasteiger partial charge in [0, 0.05) is 31.6 Å². The topological polar surface area (TPSA) is 41.6 Å². The second-order valence-electron chi connectivity index (χ2n) is 5.76. The lowest BCUT2D eigenvalue weighted by atomic mass is 10.1. The Kier molecular flexibility index (Phi) is 6.77. The van der Waals surface area contributed by atoms with E-state index in [4.69, 9.17) is 4.74 Å². The van der Waals surface area contributed by atoms with Crippen LogP contribution in [0.15, 0.2) is 18.2 Å². The number of ether oxygens (including phenoxy) is 1. The molecule has 6 heteroatoms. The first-order valence-corrected chi connectivity index (χ1v) is 8.20. The minimum Gasteiger partial charge on any atom is -0.491 e. The smallest absolute Gasteiger partial charge is 0.222 e. The van der Waals surface area contributed by atoms with Gasteiger partial charge >= 0.3 is 0 Å². The molecule has 0 aliphatic carbocycles. The standard InChI is InChI=1S/C17H24F2N2O2/c1-2-9-21(14-7-8-20-12-14)17(22)4-3-10-23-16-6-5-13(18)11-15(16)19/h5-6,11,14,20H,2-4,7-10,12H2,1H3. The quantitative estimate of drug-likeness (QED) is 0.747. The normalized spacial score (nSPS) is 17.3. The van der Waals surface area contributed by atoms with E-state index in [9.17, 15) is 13.6 Å². The largest absolute Gasteiger partial charge is 0.491 e. The Balaban J connectivity index is 1.76. The van der Waals surface area contributed by atoms with Crippen molar-refractivity contribution in [1.29, 1.82) is 0 Å². The molecule has 128 valence electrons. The van der Waals surface area contributed by atoms with Crippen LogP contribution in [0.5, 0.6) is 5.75 Å². The molecule has 1 aromatic rings. The summed E-state index contributed by atoms with van der Waals surface area (Å²) in [6, 6.07) is 3.48. The molecule has 0 spiro atoms. The van der Waals surface area contributed by atoms with Gasteiger partial charge in [0.2, 0.25) is 5.91 Å². The van der Waals surface area contributed by atoms with Crippen LogP contribution in [-0.2, 0) is 4.79 Å². The summed E-state index contributed by atoms with van der Waals surface area (Å²) >= 11 is 0. The van der Waals surface area contributed by atoms with Gasteiger partial charge in [-0.2, -0.15) is 0 Å². The average Bonchev–Trinajstić information content (AvgIpc) is 3.04. The van der Waals surface area contributed by atoms with Crippen LogP contribution in [-0.4, -0.2) is 43.1 Å². The number of nitrogens with one attached hydrogen (secondary N) is 1. The first kappa shape index (κ1) is 17.7. The first-order chi connectivity index (χ1) is 11.1.